The predicted octanol–water partition coefficient (Wildman–Crippen LogP) is 5.10. The van der Waals surface area contributed by atoms with Crippen molar-refractivity contribution in [2.75, 3.05) is 16.8 Å². The molecule has 1 heterocycles. The van der Waals surface area contributed by atoms with E-state index in [0.29, 0.717) is 6.54 Å². The van der Waals surface area contributed by atoms with E-state index >= 15 is 0 Å². The number of halogens is 1. The highest BCUT2D eigenvalue weighted by molar-refractivity contribution is 9.10. The van der Waals surface area contributed by atoms with Crippen LogP contribution in [0, 0.1) is 12.8 Å². The van der Waals surface area contributed by atoms with E-state index in [-0.39, 0.29) is 30.3 Å². The zero-order valence-electron chi connectivity index (χ0n) is 17.3. The molecule has 5 nitrogen and oxygen atoms in total. The minimum Gasteiger partial charge on any atom is -0.491 e. The topological polar surface area (TPSA) is 58.6 Å². The third-order valence-corrected chi connectivity index (χ3v) is 5.48. The maximum absolute atomic E-state index is 12.9. The Morgan fingerprint density at radius 2 is 1.97 bits per heavy atom. The minimum atomic E-state index is -0.373. The third kappa shape index (κ3) is 4.99. The molecule has 0 unspecified atom stereocenters. The summed E-state index contributed by atoms with van der Waals surface area (Å²) in [5.74, 6) is 0.246. The van der Waals surface area contributed by atoms with Gasteiger partial charge in [0.15, 0.2) is 0 Å². The number of benzene rings is 2. The lowest BCUT2D eigenvalue weighted by Gasteiger charge is -2.19. The van der Waals surface area contributed by atoms with Crippen molar-refractivity contribution in [2.24, 2.45) is 5.92 Å². The fourth-order valence-corrected chi connectivity index (χ4v) is 4.22. The van der Waals surface area contributed by atoms with Crippen molar-refractivity contribution < 1.29 is 14.3 Å². The average Bonchev–Trinajstić information content (AvgIpc) is 3.05. The van der Waals surface area contributed by atoms with Gasteiger partial charge in [-0.3, -0.25) is 9.59 Å². The Bertz CT molecular complexity index is 909. The molecule has 1 fully saturated rings. The van der Waals surface area contributed by atoms with Crippen LogP contribution in [0.25, 0.3) is 0 Å². The van der Waals surface area contributed by atoms with Gasteiger partial charge >= 0.3 is 0 Å². The molecule has 0 radical (unpaired) electrons. The van der Waals surface area contributed by atoms with E-state index in [9.17, 15) is 9.59 Å². The van der Waals surface area contributed by atoms with E-state index in [2.05, 4.69) is 28.2 Å². The summed E-state index contributed by atoms with van der Waals surface area (Å²) in [4.78, 5) is 27.1. The molecule has 3 rings (SSSR count). The zero-order chi connectivity index (χ0) is 21.1. The van der Waals surface area contributed by atoms with Crippen LogP contribution >= 0.6 is 15.9 Å². The Kier molecular flexibility index (Phi) is 6.63. The van der Waals surface area contributed by atoms with Crippen LogP contribution in [0.1, 0.15) is 38.3 Å². The van der Waals surface area contributed by atoms with E-state index < -0.39 is 0 Å². The number of aryl methyl sites for hydroxylation is 2. The van der Waals surface area contributed by atoms with Crippen LogP contribution in [0.4, 0.5) is 11.4 Å². The molecule has 154 valence electrons. The first-order valence-corrected chi connectivity index (χ1v) is 10.7. The number of hydrogen-bond acceptors (Lipinski definition) is 3. The van der Waals surface area contributed by atoms with Crippen molar-refractivity contribution in [2.45, 2.75) is 46.6 Å². The fourth-order valence-electron chi connectivity index (χ4n) is 3.61. The van der Waals surface area contributed by atoms with E-state index in [4.69, 9.17) is 4.74 Å². The molecule has 0 saturated carbocycles. The quantitative estimate of drug-likeness (QED) is 0.654. The number of nitrogens with zero attached hydrogens (tertiary/aromatic N) is 1. The Balaban J connectivity index is 1.71. The fraction of sp³-hybridized carbons (Fsp3) is 0.391. The van der Waals surface area contributed by atoms with Crippen molar-refractivity contribution in [3.8, 4) is 5.75 Å². The number of nitrogens with one attached hydrogen (secondary N) is 1. The van der Waals surface area contributed by atoms with Gasteiger partial charge in [-0.2, -0.15) is 0 Å². The molecule has 0 bridgehead atoms. The molecule has 1 saturated heterocycles. The minimum absolute atomic E-state index is 0.0362. The first-order valence-electron chi connectivity index (χ1n) is 9.95. The molecule has 0 aromatic heterocycles. The van der Waals surface area contributed by atoms with E-state index in [0.717, 1.165) is 39.1 Å². The van der Waals surface area contributed by atoms with Gasteiger partial charge in [0.1, 0.15) is 5.75 Å². The van der Waals surface area contributed by atoms with Gasteiger partial charge in [-0.1, -0.05) is 22.9 Å². The summed E-state index contributed by atoms with van der Waals surface area (Å²) in [6, 6.07) is 11.5. The summed E-state index contributed by atoms with van der Waals surface area (Å²) in [6.07, 6.45) is 1.13. The van der Waals surface area contributed by atoms with Crippen LogP contribution in [0.3, 0.4) is 0 Å². The number of amides is 2. The van der Waals surface area contributed by atoms with E-state index in [1.165, 1.54) is 0 Å². The van der Waals surface area contributed by atoms with Gasteiger partial charge in [0.05, 0.1) is 12.0 Å². The highest BCUT2D eigenvalue weighted by atomic mass is 79.9. The van der Waals surface area contributed by atoms with E-state index in [1.54, 1.807) is 4.90 Å². The Morgan fingerprint density at radius 1 is 1.28 bits per heavy atom. The van der Waals surface area contributed by atoms with Gasteiger partial charge in [0.25, 0.3) is 0 Å². The Morgan fingerprint density at radius 3 is 2.59 bits per heavy atom. The molecule has 6 heteroatoms. The number of carbonyl (C=O) groups is 2. The molecule has 0 spiro atoms. The first-order chi connectivity index (χ1) is 13.8. The molecular formula is C23H27BrN2O3. The second kappa shape index (κ2) is 8.99. The number of hydrogen-bond donors (Lipinski definition) is 1. The summed E-state index contributed by atoms with van der Waals surface area (Å²) < 4.78 is 6.65. The molecule has 29 heavy (non-hydrogen) atoms. The molecule has 1 atom stereocenters. The highest BCUT2D eigenvalue weighted by Crippen LogP contribution is 2.30. The van der Waals surface area contributed by atoms with Gasteiger partial charge < -0.3 is 15.0 Å². The molecule has 2 aromatic carbocycles. The SMILES string of the molecule is CCc1cc(Br)cc(C)c1NC(=O)[C@H]1CC(=O)N(c2ccc(OC(C)C)cc2)C1. The summed E-state index contributed by atoms with van der Waals surface area (Å²) in [5.41, 5.74) is 3.72. The van der Waals surface area contributed by atoms with Crippen LogP contribution in [-0.4, -0.2) is 24.5 Å². The number of anilines is 2. The van der Waals surface area contributed by atoms with Crippen molar-refractivity contribution in [1.29, 1.82) is 0 Å². The second-order valence-electron chi connectivity index (χ2n) is 7.67. The van der Waals surface area contributed by atoms with Crippen molar-refractivity contribution in [3.63, 3.8) is 0 Å². The van der Waals surface area contributed by atoms with Crippen molar-refractivity contribution >= 4 is 39.1 Å². The van der Waals surface area contributed by atoms with Crippen LogP contribution in [0.2, 0.25) is 0 Å². The molecule has 1 N–H and O–H groups in total. The summed E-state index contributed by atoms with van der Waals surface area (Å²) in [6.45, 7) is 8.36. The molecule has 1 aliphatic rings. The Hall–Kier alpha value is -2.34. The largest absolute Gasteiger partial charge is 0.491 e. The number of carbonyl (C=O) groups excluding carboxylic acids is 2. The third-order valence-electron chi connectivity index (χ3n) is 5.03. The lowest BCUT2D eigenvalue weighted by molar-refractivity contribution is -0.122. The van der Waals surface area contributed by atoms with Crippen molar-refractivity contribution in [3.05, 3.63) is 52.0 Å². The Labute approximate surface area is 180 Å². The van der Waals surface area contributed by atoms with Gasteiger partial charge in [-0.05, 0) is 74.7 Å². The van der Waals surface area contributed by atoms with E-state index in [1.807, 2.05) is 57.2 Å². The summed E-state index contributed by atoms with van der Waals surface area (Å²) in [7, 11) is 0. The lowest BCUT2D eigenvalue weighted by Crippen LogP contribution is -2.28. The monoisotopic (exact) mass is 458 g/mol. The van der Waals surface area contributed by atoms with Gasteiger partial charge in [-0.15, -0.1) is 0 Å². The highest BCUT2D eigenvalue weighted by Gasteiger charge is 2.35. The molecule has 0 aliphatic carbocycles. The van der Waals surface area contributed by atoms with Gasteiger partial charge in [0, 0.05) is 28.8 Å². The number of ether oxygens (including phenoxy) is 1. The zero-order valence-corrected chi connectivity index (χ0v) is 18.9. The molecule has 2 amide bonds. The van der Waals surface area contributed by atoms with Gasteiger partial charge in [-0.25, -0.2) is 0 Å². The molecule has 1 aliphatic heterocycles. The van der Waals surface area contributed by atoms with Crippen LogP contribution in [-0.2, 0) is 16.0 Å². The maximum atomic E-state index is 12.9. The summed E-state index contributed by atoms with van der Waals surface area (Å²) in [5, 5.41) is 3.06. The van der Waals surface area contributed by atoms with Crippen LogP contribution < -0.4 is 15.0 Å². The second-order valence-corrected chi connectivity index (χ2v) is 8.58. The smallest absolute Gasteiger partial charge is 0.229 e. The normalized spacial score (nSPS) is 16.4. The van der Waals surface area contributed by atoms with Gasteiger partial charge in [0.2, 0.25) is 11.8 Å². The van der Waals surface area contributed by atoms with Crippen molar-refractivity contribution in [1.82, 2.24) is 0 Å². The standard InChI is InChI=1S/C23H27BrN2O3/c1-5-16-11-18(24)10-15(4)22(16)25-23(28)17-12-21(27)26(13-17)19-6-8-20(9-7-19)29-14(2)3/h6-11,14,17H,5,12-13H2,1-4H3,(H,25,28)/t17-/m0/s1. The van der Waals surface area contributed by atoms with Crippen LogP contribution in [0.5, 0.6) is 5.75 Å². The lowest BCUT2D eigenvalue weighted by atomic mass is 10.0. The molecule has 2 aromatic rings. The summed E-state index contributed by atoms with van der Waals surface area (Å²) >= 11 is 3.51. The molecular weight excluding hydrogens is 432 g/mol. The van der Waals surface area contributed by atoms with Crippen LogP contribution in [0.15, 0.2) is 40.9 Å². The predicted molar refractivity (Wildman–Crippen MR) is 120 cm³/mol. The average molecular weight is 459 g/mol. The number of rotatable bonds is 6. The first kappa shape index (κ1) is 21.4. The maximum Gasteiger partial charge on any atom is 0.229 e.